The summed E-state index contributed by atoms with van der Waals surface area (Å²) in [4.78, 5) is 16.2. The molecule has 1 atom stereocenters. The van der Waals surface area contributed by atoms with Gasteiger partial charge in [-0.05, 0) is 47.3 Å². The van der Waals surface area contributed by atoms with Crippen LogP contribution in [0, 0.1) is 0 Å². The number of nitrogens with one attached hydrogen (secondary N) is 1. The van der Waals surface area contributed by atoms with Crippen LogP contribution in [0.5, 0.6) is 0 Å². The lowest BCUT2D eigenvalue weighted by Gasteiger charge is -2.14. The highest BCUT2D eigenvalue weighted by Crippen LogP contribution is 2.15. The summed E-state index contributed by atoms with van der Waals surface area (Å²) in [6, 6.07) is 12.0. The lowest BCUT2D eigenvalue weighted by molar-refractivity contribution is 0.0939. The van der Waals surface area contributed by atoms with Crippen molar-refractivity contribution < 1.29 is 4.79 Å². The third kappa shape index (κ3) is 4.56. The minimum atomic E-state index is -0.193. The summed E-state index contributed by atoms with van der Waals surface area (Å²) in [6.07, 6.45) is 3.37. The molecule has 0 radical (unpaired) electrons. The van der Waals surface area contributed by atoms with Crippen LogP contribution in [0.3, 0.4) is 0 Å². The summed E-state index contributed by atoms with van der Waals surface area (Å²) < 4.78 is 0.735. The van der Waals surface area contributed by atoms with Crippen LogP contribution in [-0.4, -0.2) is 16.9 Å². The monoisotopic (exact) mass is 347 g/mol. The van der Waals surface area contributed by atoms with Gasteiger partial charge >= 0.3 is 0 Å². The average Bonchev–Trinajstić information content (AvgIpc) is 2.48. The van der Waals surface area contributed by atoms with Crippen LogP contribution in [0.15, 0.2) is 47.1 Å². The Balaban J connectivity index is 1.91. The van der Waals surface area contributed by atoms with E-state index in [0.717, 1.165) is 17.3 Å². The fourth-order valence-electron chi connectivity index (χ4n) is 2.03. The number of benzene rings is 1. The first-order valence-corrected chi connectivity index (χ1v) is 7.61. The molecule has 1 amide bonds. The number of aryl methyl sites for hydroxylation is 1. The van der Waals surface area contributed by atoms with E-state index in [9.17, 15) is 4.79 Å². The van der Waals surface area contributed by atoms with Gasteiger partial charge in [-0.1, -0.05) is 30.3 Å². The molecule has 5 heteroatoms. The fourth-order valence-corrected chi connectivity index (χ4v) is 2.36. The Morgan fingerprint density at radius 2 is 2.10 bits per heavy atom. The number of nitrogens with zero attached hydrogens (tertiary/aromatic N) is 1. The molecule has 0 saturated heterocycles. The molecule has 4 nitrogen and oxygen atoms in total. The molecule has 2 rings (SSSR count). The van der Waals surface area contributed by atoms with Crippen molar-refractivity contribution >= 4 is 27.7 Å². The molecule has 21 heavy (non-hydrogen) atoms. The van der Waals surface area contributed by atoms with E-state index in [4.69, 9.17) is 5.73 Å². The minimum Gasteiger partial charge on any atom is -0.383 e. The zero-order valence-corrected chi connectivity index (χ0v) is 13.4. The van der Waals surface area contributed by atoms with E-state index in [2.05, 4.69) is 38.4 Å². The second-order valence-corrected chi connectivity index (χ2v) is 5.90. The van der Waals surface area contributed by atoms with Crippen LogP contribution in [0.1, 0.15) is 29.3 Å². The van der Waals surface area contributed by atoms with Crippen LogP contribution in [0.2, 0.25) is 0 Å². The summed E-state index contributed by atoms with van der Waals surface area (Å²) >= 11 is 3.29. The Bertz CT molecular complexity index is 616. The quantitative estimate of drug-likeness (QED) is 0.872. The van der Waals surface area contributed by atoms with Gasteiger partial charge in [0.15, 0.2) is 0 Å². The van der Waals surface area contributed by atoms with Crippen molar-refractivity contribution in [2.45, 2.75) is 25.8 Å². The molecular formula is C16H18BrN3O. The third-order valence-electron chi connectivity index (χ3n) is 3.22. The molecule has 0 aliphatic heterocycles. The normalized spacial score (nSPS) is 11.9. The molecule has 1 unspecified atom stereocenters. The van der Waals surface area contributed by atoms with E-state index in [0.29, 0.717) is 5.56 Å². The summed E-state index contributed by atoms with van der Waals surface area (Å²) in [5.41, 5.74) is 7.40. The van der Waals surface area contributed by atoms with Gasteiger partial charge in [0.05, 0.1) is 5.56 Å². The van der Waals surface area contributed by atoms with E-state index >= 15 is 0 Å². The van der Waals surface area contributed by atoms with Crippen molar-refractivity contribution in [3.8, 4) is 0 Å². The molecule has 110 valence electrons. The maximum absolute atomic E-state index is 12.2. The molecule has 0 spiro atoms. The molecule has 1 heterocycles. The number of hydrogen-bond acceptors (Lipinski definition) is 3. The Morgan fingerprint density at radius 1 is 1.38 bits per heavy atom. The molecule has 3 N–H and O–H groups in total. The molecule has 0 aliphatic rings. The van der Waals surface area contributed by atoms with Crippen LogP contribution >= 0.6 is 15.9 Å². The van der Waals surface area contributed by atoms with E-state index < -0.39 is 0 Å². The smallest absolute Gasteiger partial charge is 0.255 e. The first kappa shape index (κ1) is 15.5. The van der Waals surface area contributed by atoms with Gasteiger partial charge in [-0.3, -0.25) is 4.79 Å². The van der Waals surface area contributed by atoms with E-state index in [-0.39, 0.29) is 17.8 Å². The maximum atomic E-state index is 12.2. The Kier molecular flexibility index (Phi) is 5.33. The van der Waals surface area contributed by atoms with Gasteiger partial charge in [-0.2, -0.15) is 0 Å². The lowest BCUT2D eigenvalue weighted by Crippen LogP contribution is -2.33. The third-order valence-corrected chi connectivity index (χ3v) is 3.65. The molecular weight excluding hydrogens is 330 g/mol. The Labute approximate surface area is 132 Å². The zero-order chi connectivity index (χ0) is 15.2. The van der Waals surface area contributed by atoms with Gasteiger partial charge in [0.1, 0.15) is 5.82 Å². The summed E-state index contributed by atoms with van der Waals surface area (Å²) in [5.74, 6) is 0.0489. The van der Waals surface area contributed by atoms with E-state index in [1.807, 2.05) is 25.1 Å². The van der Waals surface area contributed by atoms with Gasteiger partial charge in [0, 0.05) is 16.7 Å². The van der Waals surface area contributed by atoms with Crippen LogP contribution in [-0.2, 0) is 6.42 Å². The summed E-state index contributed by atoms with van der Waals surface area (Å²) in [5, 5.41) is 2.95. The molecule has 0 aliphatic carbocycles. The standard InChI is InChI=1S/C16H18BrN3O/c1-11(7-8-12-5-3-2-4-6-12)20-16(21)14-9-13(17)10-19-15(14)18/h2-6,9-11H,7-8H2,1H3,(H2,18,19)(H,20,21). The molecule has 2 aromatic rings. The second-order valence-electron chi connectivity index (χ2n) is 4.99. The SMILES string of the molecule is CC(CCc1ccccc1)NC(=O)c1cc(Br)cnc1N. The highest BCUT2D eigenvalue weighted by molar-refractivity contribution is 9.10. The highest BCUT2D eigenvalue weighted by atomic mass is 79.9. The molecule has 1 aromatic carbocycles. The summed E-state index contributed by atoms with van der Waals surface area (Å²) in [7, 11) is 0. The number of nitrogen functional groups attached to an aromatic ring is 1. The molecule has 0 bridgehead atoms. The van der Waals surface area contributed by atoms with Gasteiger partial charge in [-0.15, -0.1) is 0 Å². The van der Waals surface area contributed by atoms with Crippen molar-refractivity contribution in [2.75, 3.05) is 5.73 Å². The molecule has 0 fully saturated rings. The van der Waals surface area contributed by atoms with E-state index in [1.54, 1.807) is 12.3 Å². The Morgan fingerprint density at radius 3 is 2.81 bits per heavy atom. The predicted octanol–water partition coefficient (Wildman–Crippen LogP) is 3.18. The van der Waals surface area contributed by atoms with Gasteiger partial charge in [0.25, 0.3) is 5.91 Å². The number of nitrogens with two attached hydrogens (primary N) is 1. The number of anilines is 1. The number of halogens is 1. The Hall–Kier alpha value is -1.88. The summed E-state index contributed by atoms with van der Waals surface area (Å²) in [6.45, 7) is 1.99. The van der Waals surface area contributed by atoms with Crippen LogP contribution in [0.4, 0.5) is 5.82 Å². The topological polar surface area (TPSA) is 68.0 Å². The number of carbonyl (C=O) groups excluding carboxylic acids is 1. The highest BCUT2D eigenvalue weighted by Gasteiger charge is 2.14. The number of amides is 1. The van der Waals surface area contributed by atoms with Crippen molar-refractivity contribution in [3.05, 3.63) is 58.2 Å². The number of rotatable bonds is 5. The zero-order valence-electron chi connectivity index (χ0n) is 11.8. The molecule has 1 aromatic heterocycles. The average molecular weight is 348 g/mol. The lowest BCUT2D eigenvalue weighted by atomic mass is 10.1. The minimum absolute atomic E-state index is 0.0658. The number of carbonyl (C=O) groups is 1. The van der Waals surface area contributed by atoms with Crippen molar-refractivity contribution in [1.82, 2.24) is 10.3 Å². The van der Waals surface area contributed by atoms with Gasteiger partial charge in [-0.25, -0.2) is 4.98 Å². The van der Waals surface area contributed by atoms with Gasteiger partial charge in [0.2, 0.25) is 0 Å². The number of aromatic nitrogens is 1. The fraction of sp³-hybridized carbons (Fsp3) is 0.250. The molecule has 0 saturated carbocycles. The van der Waals surface area contributed by atoms with Crippen LogP contribution < -0.4 is 11.1 Å². The number of hydrogen-bond donors (Lipinski definition) is 2. The van der Waals surface area contributed by atoms with Crippen molar-refractivity contribution in [3.63, 3.8) is 0 Å². The van der Waals surface area contributed by atoms with Crippen LogP contribution in [0.25, 0.3) is 0 Å². The number of pyridine rings is 1. The first-order valence-electron chi connectivity index (χ1n) is 6.82. The van der Waals surface area contributed by atoms with Crippen molar-refractivity contribution in [1.29, 1.82) is 0 Å². The maximum Gasteiger partial charge on any atom is 0.255 e. The largest absolute Gasteiger partial charge is 0.383 e. The predicted molar refractivity (Wildman–Crippen MR) is 88.0 cm³/mol. The van der Waals surface area contributed by atoms with E-state index in [1.165, 1.54) is 5.56 Å². The van der Waals surface area contributed by atoms with Crippen molar-refractivity contribution in [2.24, 2.45) is 0 Å². The van der Waals surface area contributed by atoms with Gasteiger partial charge < -0.3 is 11.1 Å². The first-order chi connectivity index (χ1) is 10.1. The second kappa shape index (κ2) is 7.22.